The number of hydrogen-bond acceptors (Lipinski definition) is 3. The summed E-state index contributed by atoms with van der Waals surface area (Å²) < 4.78 is 0. The number of benzene rings is 3. The second kappa shape index (κ2) is 10.6. The molecule has 2 atom stereocenters. The summed E-state index contributed by atoms with van der Waals surface area (Å²) in [6.45, 7) is 2.95. The van der Waals surface area contributed by atoms with Gasteiger partial charge >= 0.3 is 0 Å². The van der Waals surface area contributed by atoms with Crippen LogP contribution < -0.4 is 11.1 Å². The molecule has 34 heavy (non-hydrogen) atoms. The van der Waals surface area contributed by atoms with E-state index in [0.29, 0.717) is 36.0 Å². The van der Waals surface area contributed by atoms with Crippen LogP contribution in [0.25, 0.3) is 0 Å². The van der Waals surface area contributed by atoms with Crippen LogP contribution >= 0.6 is 23.2 Å². The van der Waals surface area contributed by atoms with Gasteiger partial charge in [0.15, 0.2) is 0 Å². The van der Waals surface area contributed by atoms with Gasteiger partial charge in [0.1, 0.15) is 0 Å². The van der Waals surface area contributed by atoms with E-state index < -0.39 is 6.04 Å². The van der Waals surface area contributed by atoms with Crippen molar-refractivity contribution in [3.05, 3.63) is 99.0 Å². The van der Waals surface area contributed by atoms with Crippen LogP contribution in [-0.2, 0) is 29.1 Å². The van der Waals surface area contributed by atoms with Crippen molar-refractivity contribution in [2.45, 2.75) is 44.8 Å². The van der Waals surface area contributed by atoms with E-state index in [4.69, 9.17) is 28.9 Å². The normalized spacial score (nSPS) is 14.4. The Morgan fingerprint density at radius 2 is 1.74 bits per heavy atom. The SMILES string of the molecule is CCC(C(=O)Nc1ccc2c(c1)CN(C(=O)[C@H](N)Cc1ccc(Cl)cc1Cl)C2)c1ccccc1. The Morgan fingerprint density at radius 1 is 1.00 bits per heavy atom. The van der Waals surface area contributed by atoms with Crippen molar-refractivity contribution in [2.75, 3.05) is 5.32 Å². The van der Waals surface area contributed by atoms with E-state index in [1.165, 1.54) is 0 Å². The van der Waals surface area contributed by atoms with Crippen LogP contribution in [0.3, 0.4) is 0 Å². The summed E-state index contributed by atoms with van der Waals surface area (Å²) in [5.74, 6) is -0.394. The fourth-order valence-corrected chi connectivity index (χ4v) is 4.85. The molecule has 0 radical (unpaired) electrons. The summed E-state index contributed by atoms with van der Waals surface area (Å²) in [4.78, 5) is 27.7. The quantitative estimate of drug-likeness (QED) is 0.451. The zero-order chi connectivity index (χ0) is 24.2. The predicted octanol–water partition coefficient (Wildman–Crippen LogP) is 5.54. The summed E-state index contributed by atoms with van der Waals surface area (Å²) in [5.41, 5.74) is 10.8. The van der Waals surface area contributed by atoms with Gasteiger partial charge in [0.2, 0.25) is 11.8 Å². The number of halogens is 2. The standard InChI is InChI=1S/C27H27Cl2N3O2/c1-2-23(17-6-4-3-5-7-17)26(33)31-22-11-9-19-15-32(16-20(19)12-22)27(34)25(30)13-18-8-10-21(28)14-24(18)29/h3-12,14,23,25H,2,13,15-16,30H2,1H3,(H,31,33)/t23?,25-/m1/s1. The van der Waals surface area contributed by atoms with Crippen molar-refractivity contribution in [3.63, 3.8) is 0 Å². The molecular weight excluding hydrogens is 469 g/mol. The first-order valence-electron chi connectivity index (χ1n) is 11.3. The van der Waals surface area contributed by atoms with Crippen LogP contribution in [0.15, 0.2) is 66.7 Å². The molecule has 0 aromatic heterocycles. The van der Waals surface area contributed by atoms with Gasteiger partial charge in [0, 0.05) is 28.8 Å². The van der Waals surface area contributed by atoms with Crippen molar-refractivity contribution >= 4 is 40.7 Å². The van der Waals surface area contributed by atoms with Gasteiger partial charge in [-0.2, -0.15) is 0 Å². The van der Waals surface area contributed by atoms with Gasteiger partial charge in [-0.1, -0.05) is 72.6 Å². The molecule has 3 N–H and O–H groups in total. The van der Waals surface area contributed by atoms with Crippen molar-refractivity contribution in [3.8, 4) is 0 Å². The first-order valence-corrected chi connectivity index (χ1v) is 12.1. The topological polar surface area (TPSA) is 75.4 Å². The molecule has 4 rings (SSSR count). The number of carbonyl (C=O) groups excluding carboxylic acids is 2. The highest BCUT2D eigenvalue weighted by molar-refractivity contribution is 6.35. The van der Waals surface area contributed by atoms with E-state index in [-0.39, 0.29) is 17.7 Å². The molecule has 2 amide bonds. The van der Waals surface area contributed by atoms with Crippen molar-refractivity contribution < 1.29 is 9.59 Å². The van der Waals surface area contributed by atoms with Crippen LogP contribution in [0.2, 0.25) is 10.0 Å². The molecule has 0 bridgehead atoms. The van der Waals surface area contributed by atoms with Crippen LogP contribution in [-0.4, -0.2) is 22.8 Å². The molecule has 0 aliphatic carbocycles. The van der Waals surface area contributed by atoms with Gasteiger partial charge in [-0.15, -0.1) is 0 Å². The molecular formula is C27H27Cl2N3O2. The monoisotopic (exact) mass is 495 g/mol. The van der Waals surface area contributed by atoms with E-state index in [9.17, 15) is 9.59 Å². The van der Waals surface area contributed by atoms with E-state index >= 15 is 0 Å². The molecule has 0 saturated heterocycles. The van der Waals surface area contributed by atoms with Crippen molar-refractivity contribution in [1.29, 1.82) is 0 Å². The van der Waals surface area contributed by atoms with Gasteiger partial charge < -0.3 is 16.0 Å². The largest absolute Gasteiger partial charge is 0.333 e. The molecule has 0 saturated carbocycles. The number of amides is 2. The minimum Gasteiger partial charge on any atom is -0.333 e. The number of nitrogens with one attached hydrogen (secondary N) is 1. The third-order valence-corrected chi connectivity index (χ3v) is 6.79. The average molecular weight is 496 g/mol. The molecule has 5 nitrogen and oxygen atoms in total. The molecule has 1 aliphatic rings. The third-order valence-electron chi connectivity index (χ3n) is 6.21. The lowest BCUT2D eigenvalue weighted by atomic mass is 9.95. The Labute approximate surface area is 209 Å². The van der Waals surface area contributed by atoms with Gasteiger partial charge in [-0.05, 0) is 59.4 Å². The number of hydrogen-bond donors (Lipinski definition) is 2. The number of rotatable bonds is 7. The van der Waals surface area contributed by atoms with E-state index in [0.717, 1.165) is 27.9 Å². The molecule has 176 valence electrons. The van der Waals surface area contributed by atoms with Crippen LogP contribution in [0.1, 0.15) is 41.5 Å². The minimum absolute atomic E-state index is 0.0403. The smallest absolute Gasteiger partial charge is 0.240 e. The van der Waals surface area contributed by atoms with E-state index in [1.54, 1.807) is 23.1 Å². The number of anilines is 1. The maximum Gasteiger partial charge on any atom is 0.240 e. The second-order valence-electron chi connectivity index (χ2n) is 8.58. The Bertz CT molecular complexity index is 1200. The zero-order valence-corrected chi connectivity index (χ0v) is 20.4. The molecule has 1 heterocycles. The second-order valence-corrected chi connectivity index (χ2v) is 9.43. The molecule has 0 spiro atoms. The highest BCUT2D eigenvalue weighted by Gasteiger charge is 2.28. The maximum atomic E-state index is 13.0. The van der Waals surface area contributed by atoms with Crippen molar-refractivity contribution in [2.24, 2.45) is 5.73 Å². The molecule has 1 aliphatic heterocycles. The van der Waals surface area contributed by atoms with Gasteiger partial charge in [-0.25, -0.2) is 0 Å². The summed E-state index contributed by atoms with van der Waals surface area (Å²) in [6.07, 6.45) is 1.04. The summed E-state index contributed by atoms with van der Waals surface area (Å²) >= 11 is 12.2. The first kappa shape index (κ1) is 24.3. The molecule has 3 aromatic carbocycles. The van der Waals surface area contributed by atoms with Gasteiger partial charge in [0.25, 0.3) is 0 Å². The molecule has 7 heteroatoms. The number of fused-ring (bicyclic) bond motifs is 1. The molecule has 3 aromatic rings. The predicted molar refractivity (Wildman–Crippen MR) is 137 cm³/mol. The van der Waals surface area contributed by atoms with Gasteiger partial charge in [-0.3, -0.25) is 9.59 Å². The summed E-state index contributed by atoms with van der Waals surface area (Å²) in [6, 6.07) is 20.0. The number of nitrogens with zero attached hydrogens (tertiary/aromatic N) is 1. The third kappa shape index (κ3) is 5.44. The lowest BCUT2D eigenvalue weighted by Gasteiger charge is -2.20. The maximum absolute atomic E-state index is 13.0. The minimum atomic E-state index is -0.705. The fraction of sp³-hybridized carbons (Fsp3) is 0.259. The lowest BCUT2D eigenvalue weighted by Crippen LogP contribution is -2.42. The van der Waals surface area contributed by atoms with Crippen LogP contribution in [0.4, 0.5) is 5.69 Å². The Balaban J connectivity index is 1.40. The fourth-order valence-electron chi connectivity index (χ4n) is 4.36. The number of carbonyl (C=O) groups is 2. The van der Waals surface area contributed by atoms with Gasteiger partial charge in [0.05, 0.1) is 12.0 Å². The Hall–Kier alpha value is -2.86. The highest BCUT2D eigenvalue weighted by atomic mass is 35.5. The highest BCUT2D eigenvalue weighted by Crippen LogP contribution is 2.28. The first-order chi connectivity index (χ1) is 16.4. The van der Waals surface area contributed by atoms with Crippen LogP contribution in [0.5, 0.6) is 0 Å². The summed E-state index contributed by atoms with van der Waals surface area (Å²) in [5, 5.41) is 4.08. The average Bonchev–Trinajstić information content (AvgIpc) is 3.25. The summed E-state index contributed by atoms with van der Waals surface area (Å²) in [7, 11) is 0. The van der Waals surface area contributed by atoms with E-state index in [1.807, 2.05) is 55.5 Å². The zero-order valence-electron chi connectivity index (χ0n) is 18.9. The molecule has 0 fully saturated rings. The Morgan fingerprint density at radius 3 is 2.44 bits per heavy atom. The van der Waals surface area contributed by atoms with E-state index in [2.05, 4.69) is 5.32 Å². The molecule has 1 unspecified atom stereocenters. The Kier molecular flexibility index (Phi) is 7.57. The number of nitrogens with two attached hydrogens (primary N) is 1. The van der Waals surface area contributed by atoms with Crippen molar-refractivity contribution in [1.82, 2.24) is 4.90 Å². The van der Waals surface area contributed by atoms with Crippen LogP contribution in [0, 0.1) is 0 Å². The lowest BCUT2D eigenvalue weighted by molar-refractivity contribution is -0.133.